The van der Waals surface area contributed by atoms with Crippen molar-refractivity contribution in [3.63, 3.8) is 0 Å². The fraction of sp³-hybridized carbons (Fsp3) is 1.00. The van der Waals surface area contributed by atoms with Crippen LogP contribution in [0, 0.1) is 0 Å². The van der Waals surface area contributed by atoms with Gasteiger partial charge in [0.15, 0.2) is 0 Å². The van der Waals surface area contributed by atoms with Crippen LogP contribution in [0.1, 0.15) is 0 Å². The van der Waals surface area contributed by atoms with Crippen LogP contribution >= 0.6 is 16.5 Å². The Hall–Kier alpha value is -0.0000000000000000486. The van der Waals surface area contributed by atoms with Gasteiger partial charge in [-0.3, -0.25) is 0 Å². The van der Waals surface area contributed by atoms with E-state index in [0.29, 0.717) is 0 Å². The highest BCUT2D eigenvalue weighted by Gasteiger charge is 2.18. The molecule has 4 N–H and O–H groups in total. The molecule has 0 radical (unpaired) electrons. The highest BCUT2D eigenvalue weighted by molar-refractivity contribution is 7.32. The van der Waals surface area contributed by atoms with E-state index in [9.17, 15) is 9.13 Å². The Morgan fingerprint density at radius 1 is 1.10 bits per heavy atom. The molecule has 0 aliphatic carbocycles. The maximum atomic E-state index is 9.65. The van der Waals surface area contributed by atoms with E-state index in [0.717, 1.165) is 0 Å². The van der Waals surface area contributed by atoms with Crippen LogP contribution in [0.25, 0.3) is 0 Å². The summed E-state index contributed by atoms with van der Waals surface area (Å²) in [7, 11) is -5.49. The minimum Gasteiger partial charge on any atom is -0.412 e. The van der Waals surface area contributed by atoms with Gasteiger partial charge in [0.2, 0.25) is 0 Å². The third kappa shape index (κ3) is 10.9. The Bertz CT molecular complexity index is 107. The lowest BCUT2D eigenvalue weighted by atomic mass is 11.6. The van der Waals surface area contributed by atoms with E-state index in [-0.39, 0.29) is 5.48 Å². The number of hydrogen-bond acceptors (Lipinski definition) is 4. The number of rotatable bonds is 4. The zero-order valence-electron chi connectivity index (χ0n) is 4.63. The third-order valence-electron chi connectivity index (χ3n) is 0.326. The van der Waals surface area contributed by atoms with Gasteiger partial charge in [0.25, 0.3) is 6.79 Å². The van der Waals surface area contributed by atoms with Crippen LogP contribution in [0.5, 0.6) is 0 Å². The van der Waals surface area contributed by atoms with E-state index in [1.54, 1.807) is 0 Å². The highest BCUT2D eigenvalue weighted by Crippen LogP contribution is 2.19. The maximum absolute atomic E-state index is 9.65. The Morgan fingerprint density at radius 3 is 1.60 bits per heavy atom. The average Bonchev–Trinajstić information content (AvgIpc) is 1.63. The van der Waals surface area contributed by atoms with Crippen molar-refractivity contribution in [2.24, 2.45) is 0 Å². The average molecular weight is 192 g/mol. The predicted molar refractivity (Wildman–Crippen MR) is 30.3 cm³/mol. The standard InChI is InChI=1S/CH2O6P2.H2O/c2-8(3)6-1-7-9(4)5;/h1H2;1H2/p+2. The van der Waals surface area contributed by atoms with Crippen molar-refractivity contribution in [1.29, 1.82) is 0 Å². The molecular formula is CH6O7P2+2. The molecule has 0 bridgehead atoms. The topological polar surface area (TPSA) is 125 Å². The quantitative estimate of drug-likeness (QED) is 0.454. The zero-order valence-corrected chi connectivity index (χ0v) is 6.42. The molecule has 2 atom stereocenters. The van der Waals surface area contributed by atoms with Gasteiger partial charge in [-0.1, -0.05) is 9.05 Å². The van der Waals surface area contributed by atoms with E-state index in [2.05, 4.69) is 9.05 Å². The third-order valence-corrected chi connectivity index (χ3v) is 0.979. The molecule has 0 spiro atoms. The first kappa shape index (κ1) is 12.7. The van der Waals surface area contributed by atoms with Crippen molar-refractivity contribution >= 4 is 16.5 Å². The van der Waals surface area contributed by atoms with Crippen molar-refractivity contribution < 1.29 is 33.4 Å². The molecule has 9 heteroatoms. The van der Waals surface area contributed by atoms with Crippen molar-refractivity contribution in [2.45, 2.75) is 0 Å². The summed E-state index contributed by atoms with van der Waals surface area (Å²) in [4.78, 5) is 15.8. The van der Waals surface area contributed by atoms with Crippen LogP contribution in [0.3, 0.4) is 0 Å². The second-order valence-electron chi connectivity index (χ2n) is 0.852. The van der Waals surface area contributed by atoms with Crippen molar-refractivity contribution in [3.8, 4) is 0 Å². The van der Waals surface area contributed by atoms with Crippen LogP contribution in [-0.2, 0) is 18.2 Å². The fourth-order valence-electron chi connectivity index (χ4n) is 0.114. The molecule has 0 aromatic heterocycles. The zero-order chi connectivity index (χ0) is 7.28. The van der Waals surface area contributed by atoms with Gasteiger partial charge in [0.05, 0.1) is 0 Å². The summed E-state index contributed by atoms with van der Waals surface area (Å²) in [6, 6.07) is 0. The van der Waals surface area contributed by atoms with Gasteiger partial charge in [-0.2, -0.15) is 0 Å². The summed E-state index contributed by atoms with van der Waals surface area (Å²) >= 11 is 0. The molecule has 0 saturated carbocycles. The lowest BCUT2D eigenvalue weighted by Crippen LogP contribution is -1.85. The molecule has 0 aromatic carbocycles. The molecule has 0 aliphatic heterocycles. The summed E-state index contributed by atoms with van der Waals surface area (Å²) in [5, 5.41) is 0. The minimum absolute atomic E-state index is 0. The van der Waals surface area contributed by atoms with E-state index in [4.69, 9.17) is 9.79 Å². The summed E-state index contributed by atoms with van der Waals surface area (Å²) in [5.74, 6) is 0. The first-order chi connectivity index (χ1) is 4.13. The first-order valence-electron chi connectivity index (χ1n) is 1.71. The molecule has 0 aliphatic rings. The Labute approximate surface area is 57.8 Å². The van der Waals surface area contributed by atoms with Gasteiger partial charge in [-0.25, -0.2) is 0 Å². The smallest absolute Gasteiger partial charge is 0.412 e. The van der Waals surface area contributed by atoms with Crippen LogP contribution < -0.4 is 0 Å². The normalized spacial score (nSPS) is 11.8. The van der Waals surface area contributed by atoms with Crippen molar-refractivity contribution in [1.82, 2.24) is 0 Å². The van der Waals surface area contributed by atoms with Gasteiger partial charge in [0, 0.05) is 9.13 Å². The predicted octanol–water partition coefficient (Wildman–Crippen LogP) is -0.548. The second kappa shape index (κ2) is 7.11. The van der Waals surface area contributed by atoms with E-state index in [1.165, 1.54) is 0 Å². The molecule has 10 heavy (non-hydrogen) atoms. The van der Waals surface area contributed by atoms with Gasteiger partial charge in [-0.15, -0.1) is 9.79 Å². The van der Waals surface area contributed by atoms with E-state index >= 15 is 0 Å². The molecule has 0 fully saturated rings. The lowest BCUT2D eigenvalue weighted by molar-refractivity contribution is 0.110. The molecule has 0 heterocycles. The molecule has 0 amide bonds. The summed E-state index contributed by atoms with van der Waals surface area (Å²) < 4.78 is 27.0. The molecule has 60 valence electrons. The summed E-state index contributed by atoms with van der Waals surface area (Å²) in [6.45, 7) is -0.655. The highest BCUT2D eigenvalue weighted by atomic mass is 31.1. The number of hydrogen-bond donors (Lipinski definition) is 2. The molecular weight excluding hydrogens is 186 g/mol. The van der Waals surface area contributed by atoms with Crippen LogP contribution in [0.2, 0.25) is 0 Å². The Morgan fingerprint density at radius 2 is 1.40 bits per heavy atom. The van der Waals surface area contributed by atoms with Gasteiger partial charge < -0.3 is 5.48 Å². The maximum Gasteiger partial charge on any atom is 0.697 e. The van der Waals surface area contributed by atoms with E-state index in [1.807, 2.05) is 0 Å². The molecule has 7 nitrogen and oxygen atoms in total. The minimum atomic E-state index is -2.75. The molecule has 2 unspecified atom stereocenters. The van der Waals surface area contributed by atoms with Crippen molar-refractivity contribution in [2.75, 3.05) is 6.79 Å². The second-order valence-corrected chi connectivity index (χ2v) is 2.32. The van der Waals surface area contributed by atoms with Gasteiger partial charge >= 0.3 is 16.5 Å². The largest absolute Gasteiger partial charge is 0.697 e. The Balaban J connectivity index is 0. The van der Waals surface area contributed by atoms with Gasteiger partial charge in [-0.05, 0) is 0 Å². The van der Waals surface area contributed by atoms with Crippen LogP contribution in [0.4, 0.5) is 0 Å². The SMILES string of the molecule is O.O=[P+](O)OCO[P+](=O)O. The Kier molecular flexibility index (Phi) is 9.00. The molecule has 0 rings (SSSR count). The summed E-state index contributed by atoms with van der Waals surface area (Å²) in [5.41, 5.74) is 0. The fourth-order valence-corrected chi connectivity index (χ4v) is 0.483. The monoisotopic (exact) mass is 192 g/mol. The van der Waals surface area contributed by atoms with E-state index < -0.39 is 23.3 Å². The van der Waals surface area contributed by atoms with Crippen LogP contribution in [0.15, 0.2) is 0 Å². The molecule has 0 aromatic rings. The van der Waals surface area contributed by atoms with Crippen molar-refractivity contribution in [3.05, 3.63) is 0 Å². The van der Waals surface area contributed by atoms with Gasteiger partial charge in [0.1, 0.15) is 0 Å². The summed E-state index contributed by atoms with van der Waals surface area (Å²) in [6.07, 6.45) is 0. The van der Waals surface area contributed by atoms with Crippen LogP contribution in [-0.4, -0.2) is 22.1 Å². The first-order valence-corrected chi connectivity index (χ1v) is 3.97. The molecule has 0 saturated heterocycles. The lowest BCUT2D eigenvalue weighted by Gasteiger charge is -1.74.